The first kappa shape index (κ1) is 20.6. The molecule has 0 saturated heterocycles. The number of hydrogen-bond acceptors (Lipinski definition) is 0. The molecular formula is C25H36F2. The summed E-state index contributed by atoms with van der Waals surface area (Å²) in [6.45, 7) is 7.66. The highest BCUT2D eigenvalue weighted by Gasteiger charge is 2.32. The van der Waals surface area contributed by atoms with Crippen molar-refractivity contribution < 1.29 is 8.78 Å². The van der Waals surface area contributed by atoms with E-state index in [0.717, 1.165) is 37.0 Å². The van der Waals surface area contributed by atoms with Crippen LogP contribution in [0.25, 0.3) is 0 Å². The summed E-state index contributed by atoms with van der Waals surface area (Å²) < 4.78 is 29.0. The molecule has 0 nitrogen and oxygen atoms in total. The molecule has 0 bridgehead atoms. The lowest BCUT2D eigenvalue weighted by molar-refractivity contribution is 0.156. The lowest BCUT2D eigenvalue weighted by Crippen LogP contribution is -2.25. The van der Waals surface area contributed by atoms with Crippen LogP contribution in [0.3, 0.4) is 0 Å². The minimum atomic E-state index is -0.623. The van der Waals surface area contributed by atoms with Crippen molar-refractivity contribution in [1.29, 1.82) is 0 Å². The van der Waals surface area contributed by atoms with Gasteiger partial charge in [0.25, 0.3) is 0 Å². The molecule has 2 fully saturated rings. The molecule has 2 saturated carbocycles. The number of hydrogen-bond donors (Lipinski definition) is 0. The Hall–Kier alpha value is -1.18. The lowest BCUT2D eigenvalue weighted by atomic mass is 9.68. The summed E-state index contributed by atoms with van der Waals surface area (Å²) >= 11 is 0. The van der Waals surface area contributed by atoms with Crippen LogP contribution in [-0.4, -0.2) is 0 Å². The molecule has 2 heteroatoms. The Morgan fingerprint density at radius 2 is 1.52 bits per heavy atom. The molecule has 2 aliphatic carbocycles. The van der Waals surface area contributed by atoms with Crippen LogP contribution in [0.4, 0.5) is 8.78 Å². The number of halogens is 2. The van der Waals surface area contributed by atoms with E-state index in [4.69, 9.17) is 0 Å². The quantitative estimate of drug-likeness (QED) is 0.441. The Labute approximate surface area is 164 Å². The van der Waals surface area contributed by atoms with Gasteiger partial charge in [-0.1, -0.05) is 44.9 Å². The number of allylic oxidation sites excluding steroid dienone is 1. The molecule has 0 N–H and O–H groups in total. The summed E-state index contributed by atoms with van der Waals surface area (Å²) in [5, 5.41) is 0. The van der Waals surface area contributed by atoms with E-state index in [2.05, 4.69) is 6.58 Å². The van der Waals surface area contributed by atoms with Gasteiger partial charge < -0.3 is 0 Å². The van der Waals surface area contributed by atoms with Crippen LogP contribution in [0.1, 0.15) is 101 Å². The van der Waals surface area contributed by atoms with Crippen molar-refractivity contribution in [2.45, 2.75) is 89.9 Å². The highest BCUT2D eigenvalue weighted by atomic mass is 19.2. The number of benzene rings is 1. The molecule has 0 heterocycles. The van der Waals surface area contributed by atoms with E-state index in [9.17, 15) is 8.78 Å². The fourth-order valence-corrected chi connectivity index (χ4v) is 5.54. The Morgan fingerprint density at radius 1 is 0.926 bits per heavy atom. The van der Waals surface area contributed by atoms with Gasteiger partial charge in [0.1, 0.15) is 0 Å². The van der Waals surface area contributed by atoms with Gasteiger partial charge in [-0.15, -0.1) is 6.58 Å². The van der Waals surface area contributed by atoms with Gasteiger partial charge in [-0.3, -0.25) is 0 Å². The van der Waals surface area contributed by atoms with E-state index in [1.807, 2.05) is 26.0 Å². The van der Waals surface area contributed by atoms with Gasteiger partial charge in [0, 0.05) is 0 Å². The predicted molar refractivity (Wildman–Crippen MR) is 110 cm³/mol. The maximum absolute atomic E-state index is 14.6. The van der Waals surface area contributed by atoms with E-state index in [1.165, 1.54) is 44.9 Å². The van der Waals surface area contributed by atoms with Crippen molar-refractivity contribution in [2.24, 2.45) is 17.8 Å². The second-order valence-electron chi connectivity index (χ2n) is 9.29. The summed E-state index contributed by atoms with van der Waals surface area (Å²) in [6, 6.07) is 3.65. The number of rotatable bonds is 6. The van der Waals surface area contributed by atoms with Crippen molar-refractivity contribution in [3.8, 4) is 0 Å². The molecule has 0 amide bonds. The Morgan fingerprint density at radius 3 is 2.07 bits per heavy atom. The minimum absolute atomic E-state index is 0.0193. The smallest absolute Gasteiger partial charge is 0.162 e. The monoisotopic (exact) mass is 374 g/mol. The topological polar surface area (TPSA) is 0 Å². The minimum Gasteiger partial charge on any atom is -0.203 e. The molecular weight excluding hydrogens is 338 g/mol. The third-order valence-electron chi connectivity index (χ3n) is 7.31. The maximum Gasteiger partial charge on any atom is 0.162 e. The van der Waals surface area contributed by atoms with Crippen LogP contribution >= 0.6 is 0 Å². The van der Waals surface area contributed by atoms with Crippen molar-refractivity contribution in [1.82, 2.24) is 0 Å². The second-order valence-corrected chi connectivity index (χ2v) is 9.29. The average molecular weight is 375 g/mol. The molecule has 2 aliphatic rings. The maximum atomic E-state index is 14.6. The molecule has 27 heavy (non-hydrogen) atoms. The van der Waals surface area contributed by atoms with E-state index in [-0.39, 0.29) is 11.8 Å². The molecule has 3 rings (SSSR count). The highest BCUT2D eigenvalue weighted by molar-refractivity contribution is 5.31. The van der Waals surface area contributed by atoms with Crippen LogP contribution in [0, 0.1) is 29.4 Å². The molecule has 1 aromatic rings. The van der Waals surface area contributed by atoms with E-state index >= 15 is 0 Å². The Kier molecular flexibility index (Phi) is 7.11. The summed E-state index contributed by atoms with van der Waals surface area (Å²) in [5.41, 5.74) is 1.11. The fraction of sp³-hybridized carbons (Fsp3) is 0.680. The summed E-state index contributed by atoms with van der Waals surface area (Å²) in [5.74, 6) is 1.55. The molecule has 0 unspecified atom stereocenters. The molecule has 1 aromatic carbocycles. The summed E-state index contributed by atoms with van der Waals surface area (Å²) in [4.78, 5) is 0. The van der Waals surface area contributed by atoms with Crippen LogP contribution < -0.4 is 0 Å². The third kappa shape index (κ3) is 4.81. The zero-order chi connectivity index (χ0) is 19.4. The lowest BCUT2D eigenvalue weighted by Gasteiger charge is -2.38. The van der Waals surface area contributed by atoms with Gasteiger partial charge in [0.05, 0.1) is 0 Å². The SMILES string of the molecule is C=CCCC1CCC(C2CCC(c3ccc(C(C)C)c(F)c3F)CC2)CC1. The summed E-state index contributed by atoms with van der Waals surface area (Å²) in [6.07, 6.45) is 14.4. The van der Waals surface area contributed by atoms with Crippen LogP contribution in [-0.2, 0) is 0 Å². The zero-order valence-corrected chi connectivity index (χ0v) is 17.2. The molecule has 0 atom stereocenters. The van der Waals surface area contributed by atoms with E-state index in [1.54, 1.807) is 6.07 Å². The average Bonchev–Trinajstić information content (AvgIpc) is 2.69. The Balaban J connectivity index is 1.54. The van der Waals surface area contributed by atoms with Gasteiger partial charge in [-0.05, 0) is 92.1 Å². The molecule has 0 spiro atoms. The van der Waals surface area contributed by atoms with E-state index in [0.29, 0.717) is 11.1 Å². The Bertz CT molecular complexity index is 617. The molecule has 0 radical (unpaired) electrons. The molecule has 150 valence electrons. The summed E-state index contributed by atoms with van der Waals surface area (Å²) in [7, 11) is 0. The van der Waals surface area contributed by atoms with Crippen LogP contribution in [0.15, 0.2) is 24.8 Å². The van der Waals surface area contributed by atoms with Crippen molar-refractivity contribution in [3.05, 3.63) is 47.5 Å². The zero-order valence-electron chi connectivity index (χ0n) is 17.2. The van der Waals surface area contributed by atoms with Crippen LogP contribution in [0.2, 0.25) is 0 Å². The molecule has 0 aromatic heterocycles. The van der Waals surface area contributed by atoms with Gasteiger partial charge in [0.2, 0.25) is 0 Å². The van der Waals surface area contributed by atoms with Crippen molar-refractivity contribution in [3.63, 3.8) is 0 Å². The van der Waals surface area contributed by atoms with Crippen molar-refractivity contribution in [2.75, 3.05) is 0 Å². The normalized spacial score (nSPS) is 29.1. The first-order valence-corrected chi connectivity index (χ1v) is 11.1. The third-order valence-corrected chi connectivity index (χ3v) is 7.31. The largest absolute Gasteiger partial charge is 0.203 e. The van der Waals surface area contributed by atoms with Gasteiger partial charge in [0.15, 0.2) is 11.6 Å². The standard InChI is InChI=1S/C25H36F2/c1-4-5-6-18-7-9-19(10-8-18)20-11-13-21(14-12-20)23-16-15-22(17(2)3)24(26)25(23)27/h4,15-21H,1,5-14H2,2-3H3. The first-order chi connectivity index (χ1) is 13.0. The van der Waals surface area contributed by atoms with Crippen LogP contribution in [0.5, 0.6) is 0 Å². The highest BCUT2D eigenvalue weighted by Crippen LogP contribution is 2.45. The fourth-order valence-electron chi connectivity index (χ4n) is 5.54. The molecule has 0 aliphatic heterocycles. The van der Waals surface area contributed by atoms with Gasteiger partial charge in [-0.25, -0.2) is 8.78 Å². The van der Waals surface area contributed by atoms with E-state index < -0.39 is 11.6 Å². The van der Waals surface area contributed by atoms with Gasteiger partial charge >= 0.3 is 0 Å². The first-order valence-electron chi connectivity index (χ1n) is 11.1. The predicted octanol–water partition coefficient (Wildman–Crippen LogP) is 8.13. The second kappa shape index (κ2) is 9.34. The van der Waals surface area contributed by atoms with Gasteiger partial charge in [-0.2, -0.15) is 0 Å². The van der Waals surface area contributed by atoms with Crippen molar-refractivity contribution >= 4 is 0 Å².